The molecule has 8 heteroatoms. The monoisotopic (exact) mass is 349 g/mol. The van der Waals surface area contributed by atoms with Crippen LogP contribution in [0, 0.1) is 0 Å². The summed E-state index contributed by atoms with van der Waals surface area (Å²) in [6, 6.07) is 6.82. The number of likely N-dealkylation sites (tertiary alicyclic amines) is 1. The van der Waals surface area contributed by atoms with E-state index in [4.69, 9.17) is 16.3 Å². The van der Waals surface area contributed by atoms with Crippen LogP contribution in [0.1, 0.15) is 38.6 Å². The highest BCUT2D eigenvalue weighted by molar-refractivity contribution is 6.30. The lowest BCUT2D eigenvalue weighted by Gasteiger charge is -2.32. The van der Waals surface area contributed by atoms with E-state index in [9.17, 15) is 4.79 Å². The largest absolute Gasteiger partial charge is 0.478 e. The van der Waals surface area contributed by atoms with Crippen molar-refractivity contribution in [1.29, 1.82) is 0 Å². The number of aromatic nitrogens is 4. The second-order valence-corrected chi connectivity index (χ2v) is 6.80. The second-order valence-electron chi connectivity index (χ2n) is 6.36. The molecule has 1 fully saturated rings. The van der Waals surface area contributed by atoms with Crippen molar-refractivity contribution in [3.05, 3.63) is 35.1 Å². The lowest BCUT2D eigenvalue weighted by molar-refractivity contribution is -0.146. The first kappa shape index (κ1) is 16.7. The zero-order valence-electron chi connectivity index (χ0n) is 13.9. The summed E-state index contributed by atoms with van der Waals surface area (Å²) in [4.78, 5) is 16.2. The Hall–Kier alpha value is -2.15. The maximum absolute atomic E-state index is 13.0. The van der Waals surface area contributed by atoms with E-state index >= 15 is 0 Å². The Morgan fingerprint density at radius 2 is 2.04 bits per heavy atom. The Morgan fingerprint density at radius 3 is 2.67 bits per heavy atom. The molecule has 128 valence electrons. The van der Waals surface area contributed by atoms with Crippen LogP contribution >= 0.6 is 11.6 Å². The third-order valence-corrected chi connectivity index (χ3v) is 4.29. The molecule has 0 bridgehead atoms. The number of carbonyl (C=O) groups is 1. The van der Waals surface area contributed by atoms with E-state index in [0.717, 1.165) is 12.8 Å². The Balaban J connectivity index is 1.77. The minimum absolute atomic E-state index is 0.0904. The standard InChI is InChI=1S/C16H20ClN5O2/c1-16(2,24-12-8-6-11(17)7-9-12)15(23)22-10-4-5-13(22)14-18-20-21(3)19-14/h6-9,13H,4-5,10H2,1-3H3/t13-/m0/s1. The lowest BCUT2D eigenvalue weighted by atomic mass is 10.1. The average molecular weight is 350 g/mol. The van der Waals surface area contributed by atoms with Crippen molar-refractivity contribution in [2.45, 2.75) is 38.3 Å². The highest BCUT2D eigenvalue weighted by Gasteiger charge is 2.41. The van der Waals surface area contributed by atoms with Crippen molar-refractivity contribution in [2.24, 2.45) is 7.05 Å². The summed E-state index contributed by atoms with van der Waals surface area (Å²) in [5, 5.41) is 12.8. The van der Waals surface area contributed by atoms with E-state index in [2.05, 4.69) is 15.4 Å². The number of rotatable bonds is 4. The van der Waals surface area contributed by atoms with Gasteiger partial charge in [0.2, 0.25) is 0 Å². The number of hydrogen-bond acceptors (Lipinski definition) is 5. The van der Waals surface area contributed by atoms with Crippen LogP contribution in [-0.2, 0) is 11.8 Å². The fourth-order valence-electron chi connectivity index (χ4n) is 2.90. The Morgan fingerprint density at radius 1 is 1.33 bits per heavy atom. The zero-order valence-corrected chi connectivity index (χ0v) is 14.7. The van der Waals surface area contributed by atoms with Crippen LogP contribution in [0.3, 0.4) is 0 Å². The van der Waals surface area contributed by atoms with E-state index in [1.807, 2.05) is 0 Å². The number of tetrazole rings is 1. The van der Waals surface area contributed by atoms with Gasteiger partial charge in [0.05, 0.1) is 13.1 Å². The highest BCUT2D eigenvalue weighted by atomic mass is 35.5. The summed E-state index contributed by atoms with van der Waals surface area (Å²) in [5.41, 5.74) is -1.00. The van der Waals surface area contributed by atoms with Crippen molar-refractivity contribution >= 4 is 17.5 Å². The van der Waals surface area contributed by atoms with E-state index in [1.165, 1.54) is 4.80 Å². The second kappa shape index (κ2) is 6.39. The molecule has 24 heavy (non-hydrogen) atoms. The number of amides is 1. The highest BCUT2D eigenvalue weighted by Crippen LogP contribution is 2.32. The Bertz CT molecular complexity index is 728. The molecule has 2 aromatic rings. The van der Waals surface area contributed by atoms with Crippen LogP contribution < -0.4 is 4.74 Å². The van der Waals surface area contributed by atoms with Crippen LogP contribution in [0.15, 0.2) is 24.3 Å². The molecule has 0 saturated carbocycles. The average Bonchev–Trinajstić information content (AvgIpc) is 3.17. The van der Waals surface area contributed by atoms with Gasteiger partial charge in [-0.05, 0) is 56.2 Å². The predicted octanol–water partition coefficient (Wildman–Crippen LogP) is 2.38. The number of aryl methyl sites for hydroxylation is 1. The van der Waals surface area contributed by atoms with Crippen LogP contribution in [0.2, 0.25) is 5.02 Å². The van der Waals surface area contributed by atoms with Gasteiger partial charge in [0, 0.05) is 11.6 Å². The summed E-state index contributed by atoms with van der Waals surface area (Å²) in [7, 11) is 1.71. The van der Waals surface area contributed by atoms with Gasteiger partial charge in [0.1, 0.15) is 5.75 Å². The van der Waals surface area contributed by atoms with Gasteiger partial charge >= 0.3 is 0 Å². The molecule has 2 heterocycles. The van der Waals surface area contributed by atoms with Crippen molar-refractivity contribution in [1.82, 2.24) is 25.1 Å². The van der Waals surface area contributed by atoms with Crippen molar-refractivity contribution < 1.29 is 9.53 Å². The van der Waals surface area contributed by atoms with Gasteiger partial charge in [-0.25, -0.2) is 0 Å². The molecular formula is C16H20ClN5O2. The molecule has 0 aliphatic carbocycles. The van der Waals surface area contributed by atoms with Gasteiger partial charge in [-0.2, -0.15) is 4.80 Å². The van der Waals surface area contributed by atoms with Crippen LogP contribution in [0.5, 0.6) is 5.75 Å². The van der Waals surface area contributed by atoms with E-state index in [-0.39, 0.29) is 11.9 Å². The molecule has 1 saturated heterocycles. The third-order valence-electron chi connectivity index (χ3n) is 4.04. The van der Waals surface area contributed by atoms with Gasteiger partial charge in [-0.1, -0.05) is 11.6 Å². The van der Waals surface area contributed by atoms with E-state index in [0.29, 0.717) is 23.1 Å². The Kier molecular flexibility index (Phi) is 4.45. The maximum atomic E-state index is 13.0. The SMILES string of the molecule is Cn1nnc([C@@H]2CCCN2C(=O)C(C)(C)Oc2ccc(Cl)cc2)n1. The minimum Gasteiger partial charge on any atom is -0.478 e. The topological polar surface area (TPSA) is 73.1 Å². The molecule has 1 aromatic carbocycles. The smallest absolute Gasteiger partial charge is 0.266 e. The Labute approximate surface area is 145 Å². The molecule has 1 aliphatic rings. The molecule has 1 atom stereocenters. The fourth-order valence-corrected chi connectivity index (χ4v) is 3.02. The zero-order chi connectivity index (χ0) is 17.3. The quantitative estimate of drug-likeness (QED) is 0.847. The summed E-state index contributed by atoms with van der Waals surface area (Å²) >= 11 is 5.89. The van der Waals surface area contributed by atoms with E-state index in [1.54, 1.807) is 50.1 Å². The van der Waals surface area contributed by atoms with Gasteiger partial charge in [0.15, 0.2) is 11.4 Å². The van der Waals surface area contributed by atoms with Gasteiger partial charge < -0.3 is 9.64 Å². The number of ether oxygens (including phenoxy) is 1. The number of hydrogen-bond donors (Lipinski definition) is 0. The molecule has 1 aromatic heterocycles. The molecule has 0 N–H and O–H groups in total. The molecule has 0 radical (unpaired) electrons. The molecule has 7 nitrogen and oxygen atoms in total. The lowest BCUT2D eigenvalue weighted by Crippen LogP contribution is -2.48. The normalized spacial score (nSPS) is 18.0. The van der Waals surface area contributed by atoms with Crippen molar-refractivity contribution in [2.75, 3.05) is 6.54 Å². The number of benzene rings is 1. The molecular weight excluding hydrogens is 330 g/mol. The van der Waals surface area contributed by atoms with Crippen LogP contribution in [-0.4, -0.2) is 43.2 Å². The van der Waals surface area contributed by atoms with Gasteiger partial charge in [0.25, 0.3) is 5.91 Å². The molecule has 1 aliphatic heterocycles. The summed E-state index contributed by atoms with van der Waals surface area (Å²) < 4.78 is 5.91. The van der Waals surface area contributed by atoms with Crippen LogP contribution in [0.25, 0.3) is 0 Å². The van der Waals surface area contributed by atoms with Gasteiger partial charge in [-0.3, -0.25) is 4.79 Å². The molecule has 0 unspecified atom stereocenters. The molecule has 3 rings (SSSR count). The number of carbonyl (C=O) groups excluding carboxylic acids is 1. The predicted molar refractivity (Wildman–Crippen MR) is 88.6 cm³/mol. The van der Waals surface area contributed by atoms with Crippen molar-refractivity contribution in [3.8, 4) is 5.75 Å². The fraction of sp³-hybridized carbons (Fsp3) is 0.500. The number of nitrogens with zero attached hydrogens (tertiary/aromatic N) is 5. The molecule has 1 amide bonds. The van der Waals surface area contributed by atoms with Crippen LogP contribution in [0.4, 0.5) is 0 Å². The third kappa shape index (κ3) is 3.36. The first-order chi connectivity index (χ1) is 11.4. The summed E-state index contributed by atoms with van der Waals surface area (Å²) in [6.45, 7) is 4.20. The van der Waals surface area contributed by atoms with Crippen molar-refractivity contribution in [3.63, 3.8) is 0 Å². The summed E-state index contributed by atoms with van der Waals surface area (Å²) in [5.74, 6) is 1.09. The first-order valence-corrected chi connectivity index (χ1v) is 8.24. The number of halogens is 1. The maximum Gasteiger partial charge on any atom is 0.266 e. The molecule has 0 spiro atoms. The summed E-state index contributed by atoms with van der Waals surface area (Å²) in [6.07, 6.45) is 1.74. The minimum atomic E-state index is -1.00. The first-order valence-electron chi connectivity index (χ1n) is 7.86. The van der Waals surface area contributed by atoms with Gasteiger partial charge in [-0.15, -0.1) is 10.2 Å². The van der Waals surface area contributed by atoms with E-state index < -0.39 is 5.60 Å².